The van der Waals surface area contributed by atoms with Crippen molar-refractivity contribution in [3.63, 3.8) is 0 Å². The minimum atomic E-state index is -0.496. The fourth-order valence-electron chi connectivity index (χ4n) is 2.90. The Labute approximate surface area is 161 Å². The SMILES string of the molecule is O=c1[nH]c(O)cn1N=Cc1ccc(N(c2ccccc2)c2ccccc2)cc1. The number of aromatic hydroxyl groups is 1. The number of H-pyrrole nitrogens is 1. The highest BCUT2D eigenvalue weighted by atomic mass is 16.3. The Hall–Kier alpha value is -4.06. The molecule has 0 atom stereocenters. The van der Waals surface area contributed by atoms with Crippen molar-refractivity contribution >= 4 is 23.3 Å². The van der Waals surface area contributed by atoms with E-state index >= 15 is 0 Å². The van der Waals surface area contributed by atoms with Gasteiger partial charge in [0, 0.05) is 17.1 Å². The quantitative estimate of drug-likeness (QED) is 0.516. The predicted molar refractivity (Wildman–Crippen MR) is 111 cm³/mol. The van der Waals surface area contributed by atoms with Crippen molar-refractivity contribution in [2.75, 3.05) is 4.90 Å². The fourth-order valence-corrected chi connectivity index (χ4v) is 2.90. The van der Waals surface area contributed by atoms with E-state index in [0.717, 1.165) is 27.3 Å². The number of benzene rings is 3. The monoisotopic (exact) mass is 370 g/mol. The number of rotatable bonds is 5. The van der Waals surface area contributed by atoms with Gasteiger partial charge >= 0.3 is 5.69 Å². The van der Waals surface area contributed by atoms with Crippen molar-refractivity contribution in [2.45, 2.75) is 0 Å². The number of hydrogen-bond donors (Lipinski definition) is 2. The van der Waals surface area contributed by atoms with Crippen LogP contribution in [0.1, 0.15) is 5.56 Å². The zero-order chi connectivity index (χ0) is 19.3. The topological polar surface area (TPSA) is 73.6 Å². The molecule has 0 spiro atoms. The van der Waals surface area contributed by atoms with Gasteiger partial charge in [-0.05, 0) is 42.0 Å². The molecule has 28 heavy (non-hydrogen) atoms. The first-order chi connectivity index (χ1) is 13.7. The van der Waals surface area contributed by atoms with Crippen molar-refractivity contribution in [1.29, 1.82) is 0 Å². The first-order valence-corrected chi connectivity index (χ1v) is 8.76. The molecule has 0 saturated heterocycles. The average molecular weight is 370 g/mol. The molecule has 0 radical (unpaired) electrons. The second-order valence-electron chi connectivity index (χ2n) is 6.13. The Morgan fingerprint density at radius 3 is 1.86 bits per heavy atom. The Kier molecular flexibility index (Phi) is 4.76. The summed E-state index contributed by atoms with van der Waals surface area (Å²) in [5.41, 5.74) is 3.46. The lowest BCUT2D eigenvalue weighted by atomic mass is 10.1. The number of hydrogen-bond acceptors (Lipinski definition) is 4. The molecule has 4 aromatic rings. The zero-order valence-corrected chi connectivity index (χ0v) is 14.9. The molecule has 1 heterocycles. The molecule has 6 heteroatoms. The molecule has 0 aliphatic heterocycles. The van der Waals surface area contributed by atoms with Crippen LogP contribution in [0.2, 0.25) is 0 Å². The zero-order valence-electron chi connectivity index (χ0n) is 14.9. The Morgan fingerprint density at radius 1 is 0.821 bits per heavy atom. The number of para-hydroxylation sites is 2. The van der Waals surface area contributed by atoms with E-state index in [1.54, 1.807) is 6.21 Å². The van der Waals surface area contributed by atoms with Gasteiger partial charge in [0.05, 0.1) is 12.4 Å². The van der Waals surface area contributed by atoms with Crippen molar-refractivity contribution in [2.24, 2.45) is 5.10 Å². The Morgan fingerprint density at radius 2 is 1.36 bits per heavy atom. The van der Waals surface area contributed by atoms with Crippen LogP contribution < -0.4 is 10.6 Å². The van der Waals surface area contributed by atoms with Gasteiger partial charge in [-0.25, -0.2) is 4.79 Å². The first kappa shape index (κ1) is 17.4. The van der Waals surface area contributed by atoms with Crippen molar-refractivity contribution in [1.82, 2.24) is 9.66 Å². The molecule has 0 saturated carbocycles. The molecule has 0 fully saturated rings. The molecule has 0 aliphatic carbocycles. The van der Waals surface area contributed by atoms with E-state index in [2.05, 4.69) is 39.3 Å². The normalized spacial score (nSPS) is 11.0. The van der Waals surface area contributed by atoms with Crippen LogP contribution in [0.25, 0.3) is 0 Å². The molecule has 4 rings (SSSR count). The first-order valence-electron chi connectivity index (χ1n) is 8.76. The maximum absolute atomic E-state index is 11.5. The Bertz CT molecular complexity index is 1090. The van der Waals surface area contributed by atoms with Crippen LogP contribution in [0.3, 0.4) is 0 Å². The molecule has 2 N–H and O–H groups in total. The third-order valence-corrected chi connectivity index (χ3v) is 4.20. The lowest BCUT2D eigenvalue weighted by molar-refractivity contribution is 0.455. The number of imidazole rings is 1. The van der Waals surface area contributed by atoms with E-state index in [-0.39, 0.29) is 5.88 Å². The van der Waals surface area contributed by atoms with Crippen LogP contribution in [-0.4, -0.2) is 21.0 Å². The average Bonchev–Trinajstić information content (AvgIpc) is 3.06. The highest BCUT2D eigenvalue weighted by Gasteiger charge is 2.11. The number of nitrogens with zero attached hydrogens (tertiary/aromatic N) is 3. The molecule has 3 aromatic carbocycles. The summed E-state index contributed by atoms with van der Waals surface area (Å²) in [6.07, 6.45) is 2.79. The summed E-state index contributed by atoms with van der Waals surface area (Å²) in [6.45, 7) is 0. The second-order valence-corrected chi connectivity index (χ2v) is 6.13. The summed E-state index contributed by atoms with van der Waals surface area (Å²) in [4.78, 5) is 16.0. The van der Waals surface area contributed by atoms with Gasteiger partial charge in [0.25, 0.3) is 0 Å². The third-order valence-electron chi connectivity index (χ3n) is 4.20. The maximum atomic E-state index is 11.5. The van der Waals surface area contributed by atoms with Gasteiger partial charge in [-0.1, -0.05) is 48.5 Å². The molecule has 0 aliphatic rings. The van der Waals surface area contributed by atoms with E-state index in [1.165, 1.54) is 6.20 Å². The lowest BCUT2D eigenvalue weighted by Gasteiger charge is -2.25. The largest absolute Gasteiger partial charge is 0.493 e. The summed E-state index contributed by atoms with van der Waals surface area (Å²) < 4.78 is 1.05. The van der Waals surface area contributed by atoms with Gasteiger partial charge in [0.1, 0.15) is 0 Å². The van der Waals surface area contributed by atoms with Gasteiger partial charge in [0.2, 0.25) is 5.88 Å². The molecule has 0 amide bonds. The number of anilines is 3. The Balaban J connectivity index is 1.65. The van der Waals surface area contributed by atoms with Gasteiger partial charge in [-0.3, -0.25) is 4.98 Å². The second kappa shape index (κ2) is 7.67. The van der Waals surface area contributed by atoms with E-state index in [1.807, 2.05) is 60.7 Å². The van der Waals surface area contributed by atoms with E-state index < -0.39 is 5.69 Å². The van der Waals surface area contributed by atoms with Crippen LogP contribution in [0.4, 0.5) is 17.1 Å². The number of aromatic amines is 1. The van der Waals surface area contributed by atoms with Crippen molar-refractivity contribution in [3.8, 4) is 5.88 Å². The van der Waals surface area contributed by atoms with Crippen LogP contribution in [0.15, 0.2) is 101 Å². The summed E-state index contributed by atoms with van der Waals surface area (Å²) in [6, 6.07) is 28.1. The standard InChI is InChI=1S/C22H18N4O2/c27-21-16-25(22(28)24-21)23-15-17-11-13-20(14-12-17)26(18-7-3-1-4-8-18)19-9-5-2-6-10-19/h1-16,27H,(H,24,28). The molecule has 0 unspecified atom stereocenters. The molecular weight excluding hydrogens is 352 g/mol. The summed E-state index contributed by atoms with van der Waals surface area (Å²) in [7, 11) is 0. The van der Waals surface area contributed by atoms with Crippen molar-refractivity contribution in [3.05, 3.63) is 107 Å². The number of nitrogens with one attached hydrogen (secondary N) is 1. The highest BCUT2D eigenvalue weighted by Crippen LogP contribution is 2.33. The van der Waals surface area contributed by atoms with Gasteiger partial charge < -0.3 is 10.0 Å². The highest BCUT2D eigenvalue weighted by molar-refractivity contribution is 5.82. The van der Waals surface area contributed by atoms with Crippen LogP contribution in [-0.2, 0) is 0 Å². The summed E-state index contributed by atoms with van der Waals surface area (Å²) in [5.74, 6) is -0.223. The number of aromatic nitrogens is 2. The summed E-state index contributed by atoms with van der Waals surface area (Å²) >= 11 is 0. The molecule has 138 valence electrons. The van der Waals surface area contributed by atoms with E-state index in [0.29, 0.717) is 0 Å². The van der Waals surface area contributed by atoms with Crippen LogP contribution in [0.5, 0.6) is 5.88 Å². The van der Waals surface area contributed by atoms with Gasteiger partial charge in [-0.2, -0.15) is 9.78 Å². The van der Waals surface area contributed by atoms with Crippen molar-refractivity contribution < 1.29 is 5.11 Å². The van der Waals surface area contributed by atoms with Crippen LogP contribution in [0, 0.1) is 0 Å². The lowest BCUT2D eigenvalue weighted by Crippen LogP contribution is -2.12. The smallest absolute Gasteiger partial charge is 0.349 e. The molecule has 0 bridgehead atoms. The maximum Gasteiger partial charge on any atom is 0.349 e. The van der Waals surface area contributed by atoms with Gasteiger partial charge in [0.15, 0.2) is 0 Å². The third kappa shape index (κ3) is 3.71. The van der Waals surface area contributed by atoms with Gasteiger partial charge in [-0.15, -0.1) is 0 Å². The predicted octanol–water partition coefficient (Wildman–Crippen LogP) is 4.23. The molecule has 1 aromatic heterocycles. The fraction of sp³-hybridized carbons (Fsp3) is 0. The minimum absolute atomic E-state index is 0.223. The summed E-state index contributed by atoms with van der Waals surface area (Å²) in [5, 5.41) is 13.4. The molecular formula is C22H18N4O2. The van der Waals surface area contributed by atoms with E-state index in [9.17, 15) is 9.90 Å². The van der Waals surface area contributed by atoms with E-state index in [4.69, 9.17) is 0 Å². The van der Waals surface area contributed by atoms with Crippen LogP contribution >= 0.6 is 0 Å². The minimum Gasteiger partial charge on any atom is -0.493 e. The molecule has 6 nitrogen and oxygen atoms in total.